The summed E-state index contributed by atoms with van der Waals surface area (Å²) >= 11 is 0. The molecule has 0 unspecified atom stereocenters. The van der Waals surface area contributed by atoms with Gasteiger partial charge in [0, 0.05) is 13.2 Å². The standard InChI is InChI=1S/C25H53NO2/c1-2-3-4-11-16-21-26(22-17-12-7-5-9-14-19-24-27)23-18-13-8-6-10-15-20-25-28/h27-28H,2-25H2,1H3. The van der Waals surface area contributed by atoms with Crippen LogP contribution in [0.2, 0.25) is 0 Å². The van der Waals surface area contributed by atoms with Crippen molar-refractivity contribution in [3.05, 3.63) is 0 Å². The van der Waals surface area contributed by atoms with E-state index in [-0.39, 0.29) is 0 Å². The molecule has 0 aliphatic rings. The molecular weight excluding hydrogens is 346 g/mol. The zero-order chi connectivity index (χ0) is 20.5. The molecule has 0 aliphatic heterocycles. The molecule has 0 aromatic rings. The molecule has 0 spiro atoms. The topological polar surface area (TPSA) is 43.7 Å². The van der Waals surface area contributed by atoms with E-state index in [9.17, 15) is 0 Å². The summed E-state index contributed by atoms with van der Waals surface area (Å²) in [6.07, 6.45) is 24.7. The summed E-state index contributed by atoms with van der Waals surface area (Å²) in [4.78, 5) is 2.74. The second-order valence-corrected chi connectivity index (χ2v) is 8.65. The molecule has 0 aliphatic carbocycles. The van der Waals surface area contributed by atoms with Crippen LogP contribution in [0, 0.1) is 0 Å². The monoisotopic (exact) mass is 399 g/mol. The smallest absolute Gasteiger partial charge is 0.0431 e. The van der Waals surface area contributed by atoms with Crippen molar-refractivity contribution < 1.29 is 10.2 Å². The highest BCUT2D eigenvalue weighted by atomic mass is 16.3. The first kappa shape index (κ1) is 27.9. The molecule has 0 amide bonds. The molecule has 28 heavy (non-hydrogen) atoms. The number of hydrogen-bond donors (Lipinski definition) is 2. The molecule has 2 N–H and O–H groups in total. The van der Waals surface area contributed by atoms with Gasteiger partial charge in [0.2, 0.25) is 0 Å². The number of unbranched alkanes of at least 4 members (excludes halogenated alkanes) is 16. The van der Waals surface area contributed by atoms with Crippen LogP contribution in [-0.4, -0.2) is 48.0 Å². The average molecular weight is 400 g/mol. The van der Waals surface area contributed by atoms with Crippen molar-refractivity contribution in [2.75, 3.05) is 32.8 Å². The lowest BCUT2D eigenvalue weighted by Crippen LogP contribution is -2.27. The number of nitrogens with zero attached hydrogens (tertiary/aromatic N) is 1. The van der Waals surface area contributed by atoms with Gasteiger partial charge in [-0.2, -0.15) is 0 Å². The van der Waals surface area contributed by atoms with Gasteiger partial charge in [0.05, 0.1) is 0 Å². The van der Waals surface area contributed by atoms with Crippen molar-refractivity contribution in [3.63, 3.8) is 0 Å². The van der Waals surface area contributed by atoms with Crippen LogP contribution in [0.3, 0.4) is 0 Å². The van der Waals surface area contributed by atoms with Gasteiger partial charge in [-0.25, -0.2) is 0 Å². The summed E-state index contributed by atoms with van der Waals surface area (Å²) in [5, 5.41) is 17.6. The molecule has 0 rings (SSSR count). The van der Waals surface area contributed by atoms with Gasteiger partial charge in [0.1, 0.15) is 0 Å². The van der Waals surface area contributed by atoms with Gasteiger partial charge in [-0.1, -0.05) is 96.8 Å². The summed E-state index contributed by atoms with van der Waals surface area (Å²) < 4.78 is 0. The second kappa shape index (κ2) is 24.9. The summed E-state index contributed by atoms with van der Waals surface area (Å²) in [6, 6.07) is 0. The minimum atomic E-state index is 0.357. The number of rotatable bonds is 24. The molecule has 3 nitrogen and oxygen atoms in total. The fraction of sp³-hybridized carbons (Fsp3) is 1.00. The Kier molecular flexibility index (Phi) is 24.8. The van der Waals surface area contributed by atoms with Gasteiger partial charge >= 0.3 is 0 Å². The van der Waals surface area contributed by atoms with E-state index in [1.165, 1.54) is 129 Å². The van der Waals surface area contributed by atoms with E-state index in [1.54, 1.807) is 0 Å². The van der Waals surface area contributed by atoms with Crippen LogP contribution in [0.15, 0.2) is 0 Å². The van der Waals surface area contributed by atoms with Gasteiger partial charge in [-0.05, 0) is 51.7 Å². The maximum atomic E-state index is 8.82. The molecule has 0 fully saturated rings. The summed E-state index contributed by atoms with van der Waals surface area (Å²) in [6.45, 7) is 6.89. The maximum Gasteiger partial charge on any atom is 0.0431 e. The first-order valence-electron chi connectivity index (χ1n) is 12.8. The molecule has 0 aromatic heterocycles. The third-order valence-electron chi connectivity index (χ3n) is 5.84. The predicted octanol–water partition coefficient (Wildman–Crippen LogP) is 6.70. The van der Waals surface area contributed by atoms with Crippen molar-refractivity contribution in [1.29, 1.82) is 0 Å². The molecule has 0 saturated heterocycles. The van der Waals surface area contributed by atoms with Crippen LogP contribution >= 0.6 is 0 Å². The summed E-state index contributed by atoms with van der Waals surface area (Å²) in [7, 11) is 0. The number of hydrogen-bond acceptors (Lipinski definition) is 3. The number of aliphatic hydroxyl groups excluding tert-OH is 2. The Morgan fingerprint density at radius 3 is 1.00 bits per heavy atom. The third-order valence-corrected chi connectivity index (χ3v) is 5.84. The minimum Gasteiger partial charge on any atom is -0.396 e. The van der Waals surface area contributed by atoms with Gasteiger partial charge in [0.15, 0.2) is 0 Å². The first-order valence-corrected chi connectivity index (χ1v) is 12.8. The number of aliphatic hydroxyl groups is 2. The van der Waals surface area contributed by atoms with E-state index >= 15 is 0 Å². The van der Waals surface area contributed by atoms with Gasteiger partial charge in [-0.3, -0.25) is 0 Å². The highest BCUT2D eigenvalue weighted by molar-refractivity contribution is 4.60. The molecule has 0 saturated carbocycles. The minimum absolute atomic E-state index is 0.357. The van der Waals surface area contributed by atoms with Crippen molar-refractivity contribution in [2.45, 2.75) is 129 Å². The Balaban J connectivity index is 3.75. The predicted molar refractivity (Wildman–Crippen MR) is 124 cm³/mol. The van der Waals surface area contributed by atoms with Crippen LogP contribution in [0.4, 0.5) is 0 Å². The fourth-order valence-electron chi connectivity index (χ4n) is 3.94. The van der Waals surface area contributed by atoms with E-state index in [1.807, 2.05) is 0 Å². The summed E-state index contributed by atoms with van der Waals surface area (Å²) in [5.74, 6) is 0. The molecule has 0 heterocycles. The van der Waals surface area contributed by atoms with Crippen LogP contribution in [0.25, 0.3) is 0 Å². The second-order valence-electron chi connectivity index (χ2n) is 8.65. The molecule has 3 heteroatoms. The Morgan fingerprint density at radius 1 is 0.393 bits per heavy atom. The lowest BCUT2D eigenvalue weighted by atomic mass is 10.1. The van der Waals surface area contributed by atoms with E-state index in [2.05, 4.69) is 11.8 Å². The van der Waals surface area contributed by atoms with Crippen molar-refractivity contribution in [1.82, 2.24) is 4.90 Å². The van der Waals surface area contributed by atoms with E-state index < -0.39 is 0 Å². The molecule has 170 valence electrons. The molecule has 0 aromatic carbocycles. The van der Waals surface area contributed by atoms with Crippen molar-refractivity contribution in [3.8, 4) is 0 Å². The highest BCUT2D eigenvalue weighted by Crippen LogP contribution is 2.11. The van der Waals surface area contributed by atoms with Crippen LogP contribution in [-0.2, 0) is 0 Å². The Labute approximate surface area is 177 Å². The molecule has 0 bridgehead atoms. The quantitative estimate of drug-likeness (QED) is 0.177. The lowest BCUT2D eigenvalue weighted by molar-refractivity contribution is 0.253. The largest absolute Gasteiger partial charge is 0.396 e. The third kappa shape index (κ3) is 22.2. The van der Waals surface area contributed by atoms with E-state index in [4.69, 9.17) is 10.2 Å². The SMILES string of the molecule is CCCCCCCN(CCCCCCCCCO)CCCCCCCCCO. The van der Waals surface area contributed by atoms with Gasteiger partial charge in [-0.15, -0.1) is 0 Å². The molecular formula is C25H53NO2. The van der Waals surface area contributed by atoms with Gasteiger partial charge < -0.3 is 15.1 Å². The maximum absolute atomic E-state index is 8.82. The van der Waals surface area contributed by atoms with Gasteiger partial charge in [0.25, 0.3) is 0 Å². The fourth-order valence-corrected chi connectivity index (χ4v) is 3.94. The summed E-state index contributed by atoms with van der Waals surface area (Å²) in [5.41, 5.74) is 0. The van der Waals surface area contributed by atoms with E-state index in [0.29, 0.717) is 13.2 Å². The first-order chi connectivity index (χ1) is 13.8. The molecule has 0 radical (unpaired) electrons. The van der Waals surface area contributed by atoms with Crippen LogP contribution in [0.1, 0.15) is 129 Å². The Bertz CT molecular complexity index is 253. The Morgan fingerprint density at radius 2 is 0.679 bits per heavy atom. The lowest BCUT2D eigenvalue weighted by Gasteiger charge is -2.22. The normalized spacial score (nSPS) is 11.6. The average Bonchev–Trinajstić information content (AvgIpc) is 2.71. The van der Waals surface area contributed by atoms with E-state index in [0.717, 1.165) is 12.8 Å². The van der Waals surface area contributed by atoms with Crippen LogP contribution in [0.5, 0.6) is 0 Å². The molecule has 0 atom stereocenters. The Hall–Kier alpha value is -0.120. The van der Waals surface area contributed by atoms with Crippen molar-refractivity contribution >= 4 is 0 Å². The zero-order valence-corrected chi connectivity index (χ0v) is 19.3. The highest BCUT2D eigenvalue weighted by Gasteiger charge is 2.05. The van der Waals surface area contributed by atoms with Crippen molar-refractivity contribution in [2.24, 2.45) is 0 Å². The van der Waals surface area contributed by atoms with Crippen LogP contribution < -0.4 is 0 Å². The zero-order valence-electron chi connectivity index (χ0n) is 19.3.